The average molecular weight is 384 g/mol. The molecular formula is C20H22ClN5O. The van der Waals surface area contributed by atoms with E-state index in [9.17, 15) is 0 Å². The Balaban J connectivity index is 1.48. The number of oxazole rings is 1. The molecule has 0 amide bonds. The molecule has 2 aromatic heterocycles. The standard InChI is InChI=1S/C20H22ClN5O/c1-14-3-6-16(7-4-14)17-12-25-19(27-17)13-26-20(22-2)23-10-9-15-5-8-18(21)24-11-15/h3-8,11-12H,9-10,13H2,1-2H3,(H2,22,23,26). The molecule has 0 radical (unpaired) electrons. The van der Waals surface area contributed by atoms with Gasteiger partial charge in [-0.05, 0) is 25.0 Å². The molecule has 0 spiro atoms. The third-order valence-corrected chi connectivity index (χ3v) is 4.24. The molecule has 0 unspecified atom stereocenters. The Morgan fingerprint density at radius 2 is 1.89 bits per heavy atom. The predicted octanol–water partition coefficient (Wildman–Crippen LogP) is 3.61. The summed E-state index contributed by atoms with van der Waals surface area (Å²) in [6.45, 7) is 3.23. The number of nitrogens with one attached hydrogen (secondary N) is 2. The summed E-state index contributed by atoms with van der Waals surface area (Å²) in [5.74, 6) is 2.05. The van der Waals surface area contributed by atoms with Gasteiger partial charge in [-0.1, -0.05) is 47.5 Å². The second kappa shape index (κ2) is 9.19. The molecule has 27 heavy (non-hydrogen) atoms. The van der Waals surface area contributed by atoms with Gasteiger partial charge in [-0.25, -0.2) is 9.97 Å². The van der Waals surface area contributed by atoms with Crippen LogP contribution in [0.4, 0.5) is 0 Å². The Kier molecular flexibility index (Phi) is 6.44. The minimum Gasteiger partial charge on any atom is -0.439 e. The van der Waals surface area contributed by atoms with E-state index in [-0.39, 0.29) is 0 Å². The van der Waals surface area contributed by atoms with Gasteiger partial charge >= 0.3 is 0 Å². The molecule has 0 aliphatic heterocycles. The van der Waals surface area contributed by atoms with Gasteiger partial charge in [0.05, 0.1) is 12.7 Å². The summed E-state index contributed by atoms with van der Waals surface area (Å²) in [5.41, 5.74) is 3.33. The van der Waals surface area contributed by atoms with Crippen LogP contribution >= 0.6 is 11.6 Å². The summed E-state index contributed by atoms with van der Waals surface area (Å²) < 4.78 is 5.81. The van der Waals surface area contributed by atoms with Gasteiger partial charge in [0, 0.05) is 25.4 Å². The molecule has 140 valence electrons. The molecule has 1 aromatic carbocycles. The molecule has 7 heteroatoms. The zero-order valence-corrected chi connectivity index (χ0v) is 16.1. The molecule has 3 aromatic rings. The van der Waals surface area contributed by atoms with Gasteiger partial charge in [-0.2, -0.15) is 0 Å². The predicted molar refractivity (Wildman–Crippen MR) is 108 cm³/mol. The first kappa shape index (κ1) is 18.9. The molecular weight excluding hydrogens is 362 g/mol. The van der Waals surface area contributed by atoms with Gasteiger partial charge in [0.2, 0.25) is 5.89 Å². The van der Waals surface area contributed by atoms with Gasteiger partial charge in [0.1, 0.15) is 5.15 Å². The first-order valence-corrected chi connectivity index (χ1v) is 9.08. The van der Waals surface area contributed by atoms with Crippen LogP contribution in [0.3, 0.4) is 0 Å². The van der Waals surface area contributed by atoms with E-state index >= 15 is 0 Å². The lowest BCUT2D eigenvalue weighted by Gasteiger charge is -2.10. The highest BCUT2D eigenvalue weighted by Crippen LogP contribution is 2.20. The summed E-state index contributed by atoms with van der Waals surface area (Å²) in [5, 5.41) is 6.96. The van der Waals surface area contributed by atoms with Crippen molar-refractivity contribution < 1.29 is 4.42 Å². The van der Waals surface area contributed by atoms with Crippen molar-refractivity contribution in [1.82, 2.24) is 20.6 Å². The smallest absolute Gasteiger partial charge is 0.214 e. The van der Waals surface area contributed by atoms with Gasteiger partial charge in [0.15, 0.2) is 11.7 Å². The van der Waals surface area contributed by atoms with E-state index in [1.807, 2.05) is 18.2 Å². The van der Waals surface area contributed by atoms with Crippen LogP contribution in [0.2, 0.25) is 5.15 Å². The normalized spacial score (nSPS) is 11.4. The number of aryl methyl sites for hydroxylation is 1. The molecule has 2 N–H and O–H groups in total. The van der Waals surface area contributed by atoms with Crippen LogP contribution in [0.15, 0.2) is 58.2 Å². The van der Waals surface area contributed by atoms with E-state index in [0.29, 0.717) is 23.5 Å². The maximum Gasteiger partial charge on any atom is 0.214 e. The number of hydrogen-bond donors (Lipinski definition) is 2. The van der Waals surface area contributed by atoms with E-state index < -0.39 is 0 Å². The zero-order chi connectivity index (χ0) is 19.1. The van der Waals surface area contributed by atoms with Crippen molar-refractivity contribution in [1.29, 1.82) is 0 Å². The highest BCUT2D eigenvalue weighted by Gasteiger charge is 2.07. The molecule has 0 atom stereocenters. The second-order valence-electron chi connectivity index (χ2n) is 6.08. The van der Waals surface area contributed by atoms with E-state index in [0.717, 1.165) is 29.9 Å². The molecule has 2 heterocycles. The number of guanidine groups is 1. The second-order valence-corrected chi connectivity index (χ2v) is 6.46. The fourth-order valence-electron chi connectivity index (χ4n) is 2.50. The van der Waals surface area contributed by atoms with Crippen LogP contribution in [-0.4, -0.2) is 29.5 Å². The molecule has 0 fully saturated rings. The fraction of sp³-hybridized carbons (Fsp3) is 0.250. The van der Waals surface area contributed by atoms with Crippen molar-refractivity contribution in [3.63, 3.8) is 0 Å². The molecule has 0 saturated carbocycles. The monoisotopic (exact) mass is 383 g/mol. The van der Waals surface area contributed by atoms with E-state index in [4.69, 9.17) is 16.0 Å². The Morgan fingerprint density at radius 3 is 2.59 bits per heavy atom. The Bertz CT molecular complexity index is 887. The number of pyridine rings is 1. The molecule has 0 saturated heterocycles. The highest BCUT2D eigenvalue weighted by atomic mass is 35.5. The van der Waals surface area contributed by atoms with Gasteiger partial charge in [0.25, 0.3) is 0 Å². The lowest BCUT2D eigenvalue weighted by Crippen LogP contribution is -2.37. The van der Waals surface area contributed by atoms with Crippen molar-refractivity contribution in [3.05, 3.63) is 71.0 Å². The quantitative estimate of drug-likeness (QED) is 0.386. The lowest BCUT2D eigenvalue weighted by molar-refractivity contribution is 0.497. The first-order chi connectivity index (χ1) is 13.1. The largest absolute Gasteiger partial charge is 0.439 e. The van der Waals surface area contributed by atoms with E-state index in [2.05, 4.69) is 44.7 Å². The number of aliphatic imine (C=N–C) groups is 1. The van der Waals surface area contributed by atoms with Crippen molar-refractivity contribution >= 4 is 17.6 Å². The summed E-state index contributed by atoms with van der Waals surface area (Å²) in [6.07, 6.45) is 4.34. The van der Waals surface area contributed by atoms with Gasteiger partial charge in [-0.15, -0.1) is 0 Å². The van der Waals surface area contributed by atoms with Gasteiger partial charge < -0.3 is 15.1 Å². The Morgan fingerprint density at radius 1 is 1.07 bits per heavy atom. The molecule has 0 aliphatic carbocycles. The van der Waals surface area contributed by atoms with Crippen molar-refractivity contribution in [2.75, 3.05) is 13.6 Å². The number of benzene rings is 1. The lowest BCUT2D eigenvalue weighted by atomic mass is 10.1. The molecule has 6 nitrogen and oxygen atoms in total. The third kappa shape index (κ3) is 5.56. The first-order valence-electron chi connectivity index (χ1n) is 8.71. The molecule has 3 rings (SSSR count). The third-order valence-electron chi connectivity index (χ3n) is 4.02. The Hall–Kier alpha value is -2.86. The number of hydrogen-bond acceptors (Lipinski definition) is 4. The molecule has 0 aliphatic rings. The average Bonchev–Trinajstić information content (AvgIpc) is 3.15. The SMILES string of the molecule is CN=C(NCCc1ccc(Cl)nc1)NCc1ncc(-c2ccc(C)cc2)o1. The number of aromatic nitrogens is 2. The minimum atomic E-state index is 0.452. The minimum absolute atomic E-state index is 0.452. The number of rotatable bonds is 6. The van der Waals surface area contributed by atoms with Crippen LogP contribution in [0.5, 0.6) is 0 Å². The molecule has 0 bridgehead atoms. The highest BCUT2D eigenvalue weighted by molar-refractivity contribution is 6.29. The zero-order valence-electron chi connectivity index (χ0n) is 15.4. The summed E-state index contributed by atoms with van der Waals surface area (Å²) >= 11 is 5.80. The maximum absolute atomic E-state index is 5.81. The van der Waals surface area contributed by atoms with E-state index in [1.54, 1.807) is 25.5 Å². The van der Waals surface area contributed by atoms with Crippen LogP contribution in [0.25, 0.3) is 11.3 Å². The van der Waals surface area contributed by atoms with E-state index in [1.165, 1.54) is 5.56 Å². The van der Waals surface area contributed by atoms with Crippen LogP contribution in [-0.2, 0) is 13.0 Å². The summed E-state index contributed by atoms with van der Waals surface area (Å²) in [4.78, 5) is 12.6. The van der Waals surface area contributed by atoms with Crippen molar-refractivity contribution in [2.45, 2.75) is 19.9 Å². The summed E-state index contributed by atoms with van der Waals surface area (Å²) in [7, 11) is 1.73. The number of halogens is 1. The topological polar surface area (TPSA) is 75.3 Å². The van der Waals surface area contributed by atoms with Crippen LogP contribution in [0, 0.1) is 6.92 Å². The van der Waals surface area contributed by atoms with Gasteiger partial charge in [-0.3, -0.25) is 4.99 Å². The number of nitrogens with zero attached hydrogens (tertiary/aromatic N) is 3. The summed E-state index contributed by atoms with van der Waals surface area (Å²) in [6, 6.07) is 11.9. The van der Waals surface area contributed by atoms with Crippen LogP contribution in [0.1, 0.15) is 17.0 Å². The fourth-order valence-corrected chi connectivity index (χ4v) is 2.61. The van der Waals surface area contributed by atoms with Crippen LogP contribution < -0.4 is 10.6 Å². The van der Waals surface area contributed by atoms with Crippen molar-refractivity contribution in [2.24, 2.45) is 4.99 Å². The maximum atomic E-state index is 5.81. The van der Waals surface area contributed by atoms with Crippen molar-refractivity contribution in [3.8, 4) is 11.3 Å². The Labute approximate surface area is 163 Å².